The van der Waals surface area contributed by atoms with E-state index in [-0.39, 0.29) is 11.8 Å². The molecule has 0 spiro atoms. The molecule has 0 saturated heterocycles. The van der Waals surface area contributed by atoms with Crippen LogP contribution in [0.3, 0.4) is 0 Å². The predicted octanol–water partition coefficient (Wildman–Crippen LogP) is 5.07. The maximum Gasteiger partial charge on any atom is 0.325 e. The summed E-state index contributed by atoms with van der Waals surface area (Å²) in [5, 5.41) is 4.42. The molecular formula is C18H19Cl2FN2O3S. The summed E-state index contributed by atoms with van der Waals surface area (Å²) in [7, 11) is 1.62. The summed E-state index contributed by atoms with van der Waals surface area (Å²) in [5.74, 6) is 2.03. The van der Waals surface area contributed by atoms with Gasteiger partial charge in [-0.3, -0.25) is 0 Å². The molecule has 1 aromatic heterocycles. The monoisotopic (exact) mass is 432 g/mol. The van der Waals surface area contributed by atoms with E-state index in [2.05, 4.69) is 5.10 Å². The molecule has 2 aliphatic rings. The number of methoxy groups -OCH3 is 1. The molecule has 0 radical (unpaired) electrons. The fourth-order valence-electron chi connectivity index (χ4n) is 3.91. The van der Waals surface area contributed by atoms with Crippen LogP contribution in [0.1, 0.15) is 36.6 Å². The largest absolute Gasteiger partial charge is 0.497 e. The van der Waals surface area contributed by atoms with Gasteiger partial charge in [0.05, 0.1) is 31.4 Å². The molecule has 2 atom stereocenters. The lowest BCUT2D eigenvalue weighted by atomic mass is 9.70. The van der Waals surface area contributed by atoms with Crippen molar-refractivity contribution < 1.29 is 18.6 Å². The molecule has 2 aliphatic heterocycles. The molecule has 27 heavy (non-hydrogen) atoms. The second-order valence-electron chi connectivity index (χ2n) is 7.22. The van der Waals surface area contributed by atoms with Crippen molar-refractivity contribution in [2.45, 2.75) is 36.2 Å². The molecule has 5 nitrogen and oxygen atoms in total. The quantitative estimate of drug-likeness (QED) is 0.633. The van der Waals surface area contributed by atoms with E-state index < -0.39 is 9.52 Å². The van der Waals surface area contributed by atoms with Crippen LogP contribution in [0.2, 0.25) is 0 Å². The van der Waals surface area contributed by atoms with Gasteiger partial charge in [0.15, 0.2) is 0 Å². The standard InChI is InChI=1S/C18H19Cl2FN2O3S/c1-9-14-15-11-6-5-10(24-4)7-13(11)25-8-12(15)17(2,3)26-16(14)23(22-9)27-18(19,20)21/h5-7,12,15H,8H2,1-4H3. The molecule has 0 aliphatic carbocycles. The summed E-state index contributed by atoms with van der Waals surface area (Å²) >= 11 is 11.7. The van der Waals surface area contributed by atoms with Gasteiger partial charge in [-0.05, 0) is 26.8 Å². The Kier molecular flexibility index (Phi) is 4.48. The first-order valence-corrected chi connectivity index (χ1v) is 9.99. The molecule has 3 heterocycles. The first kappa shape index (κ1) is 19.0. The van der Waals surface area contributed by atoms with Crippen molar-refractivity contribution in [3.63, 3.8) is 0 Å². The second-order valence-corrected chi connectivity index (χ2v) is 9.99. The van der Waals surface area contributed by atoms with Crippen LogP contribution in [0, 0.1) is 12.8 Å². The van der Waals surface area contributed by atoms with Gasteiger partial charge in [-0.15, -0.1) is 0 Å². The summed E-state index contributed by atoms with van der Waals surface area (Å²) in [6.45, 7) is 6.35. The van der Waals surface area contributed by atoms with Crippen molar-refractivity contribution in [1.82, 2.24) is 9.19 Å². The average Bonchev–Trinajstić information content (AvgIpc) is 2.86. The van der Waals surface area contributed by atoms with E-state index in [0.717, 1.165) is 28.3 Å². The zero-order chi connectivity index (χ0) is 19.6. The number of fused-ring (bicyclic) bond motifs is 5. The van der Waals surface area contributed by atoms with Crippen LogP contribution in [-0.2, 0) is 0 Å². The van der Waals surface area contributed by atoms with E-state index in [1.807, 2.05) is 39.0 Å². The van der Waals surface area contributed by atoms with Crippen molar-refractivity contribution in [2.75, 3.05) is 13.7 Å². The number of ether oxygens (including phenoxy) is 3. The van der Waals surface area contributed by atoms with Crippen molar-refractivity contribution in [3.8, 4) is 17.4 Å². The Bertz CT molecular complexity index is 897. The third-order valence-corrected chi connectivity index (χ3v) is 6.21. The molecule has 0 saturated carbocycles. The van der Waals surface area contributed by atoms with Crippen LogP contribution < -0.4 is 14.2 Å². The SMILES string of the molecule is COc1ccc2c(c1)OCC1C2c2c(C)nn(SC(F)(Cl)Cl)c2OC1(C)C. The number of rotatable bonds is 3. The Balaban J connectivity index is 1.89. The number of benzene rings is 1. The van der Waals surface area contributed by atoms with E-state index >= 15 is 0 Å². The van der Waals surface area contributed by atoms with E-state index in [1.54, 1.807) is 7.11 Å². The lowest BCUT2D eigenvalue weighted by Crippen LogP contribution is -2.49. The van der Waals surface area contributed by atoms with Gasteiger partial charge >= 0.3 is 3.92 Å². The van der Waals surface area contributed by atoms with Gasteiger partial charge in [0, 0.05) is 29.0 Å². The average molecular weight is 433 g/mol. The van der Waals surface area contributed by atoms with Gasteiger partial charge in [-0.1, -0.05) is 29.3 Å². The minimum atomic E-state index is -2.52. The molecule has 1 aromatic carbocycles. The highest BCUT2D eigenvalue weighted by molar-refractivity contribution is 8.01. The molecular weight excluding hydrogens is 414 g/mol. The van der Waals surface area contributed by atoms with Gasteiger partial charge in [0.25, 0.3) is 0 Å². The Morgan fingerprint density at radius 3 is 2.81 bits per heavy atom. The van der Waals surface area contributed by atoms with Crippen LogP contribution in [0.5, 0.6) is 17.4 Å². The summed E-state index contributed by atoms with van der Waals surface area (Å²) in [6.07, 6.45) is 0. The summed E-state index contributed by atoms with van der Waals surface area (Å²) in [6, 6.07) is 5.79. The third-order valence-electron chi connectivity index (χ3n) is 5.16. The van der Waals surface area contributed by atoms with Crippen LogP contribution >= 0.6 is 35.1 Å². The zero-order valence-corrected chi connectivity index (χ0v) is 17.6. The van der Waals surface area contributed by atoms with Crippen molar-refractivity contribution in [2.24, 2.45) is 5.92 Å². The van der Waals surface area contributed by atoms with Crippen LogP contribution in [0.25, 0.3) is 0 Å². The molecule has 0 fully saturated rings. The molecule has 146 valence electrons. The van der Waals surface area contributed by atoms with Crippen molar-refractivity contribution in [1.29, 1.82) is 0 Å². The highest BCUT2D eigenvalue weighted by Gasteiger charge is 2.50. The third kappa shape index (κ3) is 3.23. The van der Waals surface area contributed by atoms with Gasteiger partial charge in [0.1, 0.15) is 17.1 Å². The maximum absolute atomic E-state index is 13.8. The summed E-state index contributed by atoms with van der Waals surface area (Å²) < 4.78 is 30.2. The van der Waals surface area contributed by atoms with Crippen LogP contribution in [0.4, 0.5) is 4.39 Å². The van der Waals surface area contributed by atoms with Gasteiger partial charge < -0.3 is 14.2 Å². The summed E-state index contributed by atoms with van der Waals surface area (Å²) in [5.41, 5.74) is 2.11. The van der Waals surface area contributed by atoms with Crippen molar-refractivity contribution in [3.05, 3.63) is 35.0 Å². The van der Waals surface area contributed by atoms with E-state index in [9.17, 15) is 4.39 Å². The van der Waals surface area contributed by atoms with Crippen LogP contribution in [0.15, 0.2) is 18.2 Å². The first-order chi connectivity index (χ1) is 12.6. The molecule has 2 aromatic rings. The fourth-order valence-corrected chi connectivity index (χ4v) is 4.88. The van der Waals surface area contributed by atoms with E-state index in [1.165, 1.54) is 4.09 Å². The minimum absolute atomic E-state index is 0.00702. The van der Waals surface area contributed by atoms with Crippen molar-refractivity contribution >= 4 is 35.1 Å². The smallest absolute Gasteiger partial charge is 0.325 e. The van der Waals surface area contributed by atoms with Crippen LogP contribution in [-0.4, -0.2) is 32.4 Å². The number of alkyl halides is 3. The van der Waals surface area contributed by atoms with Gasteiger partial charge in [-0.25, -0.2) is 0 Å². The highest BCUT2D eigenvalue weighted by Crippen LogP contribution is 2.55. The molecule has 2 unspecified atom stereocenters. The minimum Gasteiger partial charge on any atom is -0.497 e. The molecule has 0 bridgehead atoms. The number of hydrogen-bond donors (Lipinski definition) is 0. The number of nitrogens with zero attached hydrogens (tertiary/aromatic N) is 2. The molecule has 9 heteroatoms. The second kappa shape index (κ2) is 6.36. The summed E-state index contributed by atoms with van der Waals surface area (Å²) in [4.78, 5) is 0. The predicted molar refractivity (Wildman–Crippen MR) is 104 cm³/mol. The number of aromatic nitrogens is 2. The van der Waals surface area contributed by atoms with Gasteiger partial charge in [0.2, 0.25) is 5.88 Å². The fraction of sp³-hybridized carbons (Fsp3) is 0.500. The Morgan fingerprint density at radius 2 is 2.15 bits per heavy atom. The topological polar surface area (TPSA) is 45.5 Å². The first-order valence-electron chi connectivity index (χ1n) is 8.46. The maximum atomic E-state index is 13.8. The Hall–Kier alpha value is -1.31. The molecule has 0 amide bonds. The Morgan fingerprint density at radius 1 is 1.41 bits per heavy atom. The Labute approximate surface area is 171 Å². The zero-order valence-electron chi connectivity index (χ0n) is 15.3. The van der Waals surface area contributed by atoms with E-state index in [4.69, 9.17) is 37.4 Å². The number of hydrogen-bond acceptors (Lipinski definition) is 5. The number of halogens is 3. The number of aryl methyl sites for hydroxylation is 1. The lowest BCUT2D eigenvalue weighted by molar-refractivity contribution is -0.0177. The molecule has 0 N–H and O–H groups in total. The van der Waals surface area contributed by atoms with E-state index in [0.29, 0.717) is 24.4 Å². The highest BCUT2D eigenvalue weighted by atomic mass is 35.5. The normalized spacial score (nSPS) is 22.8. The van der Waals surface area contributed by atoms with Gasteiger partial charge in [-0.2, -0.15) is 13.6 Å². The lowest BCUT2D eigenvalue weighted by Gasteiger charge is -2.46. The molecule has 4 rings (SSSR count).